The molecule has 0 fully saturated rings. The standard InChI is InChI=1S/C17H16N6O/c1-11-9-12(2)21-17(20-11)22-14-6-3-5-13(10-14)15(24)23-16-18-7-4-8-19-16/h3-10H,1-2H3,(H,20,21,22)(H,18,19,23,24). The molecule has 0 saturated heterocycles. The molecule has 7 nitrogen and oxygen atoms in total. The molecule has 0 atom stereocenters. The highest BCUT2D eigenvalue weighted by molar-refractivity contribution is 6.03. The number of aromatic nitrogens is 4. The lowest BCUT2D eigenvalue weighted by molar-refractivity contribution is 0.102. The van der Waals surface area contributed by atoms with E-state index in [0.717, 1.165) is 17.1 Å². The Morgan fingerprint density at radius 1 is 0.917 bits per heavy atom. The van der Waals surface area contributed by atoms with Gasteiger partial charge in [-0.05, 0) is 44.2 Å². The van der Waals surface area contributed by atoms with Crippen molar-refractivity contribution in [1.29, 1.82) is 0 Å². The van der Waals surface area contributed by atoms with Crippen molar-refractivity contribution >= 4 is 23.5 Å². The van der Waals surface area contributed by atoms with Gasteiger partial charge in [0.15, 0.2) is 0 Å². The van der Waals surface area contributed by atoms with Crippen molar-refractivity contribution in [2.75, 3.05) is 10.6 Å². The molecule has 0 spiro atoms. The van der Waals surface area contributed by atoms with Crippen LogP contribution in [0, 0.1) is 13.8 Å². The van der Waals surface area contributed by atoms with E-state index >= 15 is 0 Å². The lowest BCUT2D eigenvalue weighted by atomic mass is 10.2. The van der Waals surface area contributed by atoms with Gasteiger partial charge in [0.05, 0.1) is 0 Å². The molecule has 2 N–H and O–H groups in total. The Morgan fingerprint density at radius 3 is 2.33 bits per heavy atom. The van der Waals surface area contributed by atoms with E-state index in [1.165, 1.54) is 0 Å². The molecule has 0 unspecified atom stereocenters. The molecule has 3 aromatic rings. The average molecular weight is 320 g/mol. The molecule has 0 aliphatic rings. The Balaban J connectivity index is 1.77. The van der Waals surface area contributed by atoms with Crippen LogP contribution in [0.5, 0.6) is 0 Å². The highest BCUT2D eigenvalue weighted by Crippen LogP contribution is 2.16. The van der Waals surface area contributed by atoms with Crippen molar-refractivity contribution < 1.29 is 4.79 Å². The molecular formula is C17H16N6O. The predicted octanol–water partition coefficient (Wildman–Crippen LogP) is 2.88. The zero-order valence-corrected chi connectivity index (χ0v) is 13.3. The maximum atomic E-state index is 12.3. The zero-order chi connectivity index (χ0) is 16.9. The quantitative estimate of drug-likeness (QED) is 0.768. The van der Waals surface area contributed by atoms with E-state index in [4.69, 9.17) is 0 Å². The van der Waals surface area contributed by atoms with Crippen LogP contribution in [0.3, 0.4) is 0 Å². The fourth-order valence-corrected chi connectivity index (χ4v) is 2.19. The SMILES string of the molecule is Cc1cc(C)nc(Nc2cccc(C(=O)Nc3ncccn3)c2)n1. The largest absolute Gasteiger partial charge is 0.324 e. The number of hydrogen-bond acceptors (Lipinski definition) is 6. The first-order chi connectivity index (χ1) is 11.6. The maximum absolute atomic E-state index is 12.3. The monoisotopic (exact) mass is 320 g/mol. The predicted molar refractivity (Wildman–Crippen MR) is 91.2 cm³/mol. The van der Waals surface area contributed by atoms with Gasteiger partial charge >= 0.3 is 0 Å². The molecule has 0 bridgehead atoms. The lowest BCUT2D eigenvalue weighted by Crippen LogP contribution is -2.14. The van der Waals surface area contributed by atoms with Gasteiger partial charge in [-0.3, -0.25) is 10.1 Å². The number of nitrogens with zero attached hydrogens (tertiary/aromatic N) is 4. The van der Waals surface area contributed by atoms with Gasteiger partial charge in [-0.15, -0.1) is 0 Å². The second-order valence-electron chi connectivity index (χ2n) is 5.21. The summed E-state index contributed by atoms with van der Waals surface area (Å²) < 4.78 is 0. The third-order valence-corrected chi connectivity index (χ3v) is 3.15. The van der Waals surface area contributed by atoms with E-state index in [1.54, 1.807) is 36.7 Å². The van der Waals surface area contributed by atoms with E-state index in [0.29, 0.717) is 11.5 Å². The second kappa shape index (κ2) is 6.82. The molecule has 0 saturated carbocycles. The van der Waals surface area contributed by atoms with E-state index in [2.05, 4.69) is 30.6 Å². The van der Waals surface area contributed by atoms with Crippen molar-refractivity contribution in [3.8, 4) is 0 Å². The third kappa shape index (κ3) is 3.89. The number of hydrogen-bond donors (Lipinski definition) is 2. The second-order valence-corrected chi connectivity index (χ2v) is 5.21. The lowest BCUT2D eigenvalue weighted by Gasteiger charge is -2.08. The van der Waals surface area contributed by atoms with E-state index in [9.17, 15) is 4.79 Å². The van der Waals surface area contributed by atoms with Crippen molar-refractivity contribution in [1.82, 2.24) is 19.9 Å². The molecule has 3 rings (SSSR count). The highest BCUT2D eigenvalue weighted by atomic mass is 16.1. The summed E-state index contributed by atoms with van der Waals surface area (Å²) >= 11 is 0. The number of aryl methyl sites for hydroxylation is 2. The Kier molecular flexibility index (Phi) is 4.42. The average Bonchev–Trinajstić information content (AvgIpc) is 2.55. The van der Waals surface area contributed by atoms with Crippen LogP contribution in [0.1, 0.15) is 21.7 Å². The first kappa shape index (κ1) is 15.5. The topological polar surface area (TPSA) is 92.7 Å². The van der Waals surface area contributed by atoms with Crippen LogP contribution in [0.25, 0.3) is 0 Å². The highest BCUT2D eigenvalue weighted by Gasteiger charge is 2.09. The third-order valence-electron chi connectivity index (χ3n) is 3.15. The van der Waals surface area contributed by atoms with Crippen LogP contribution in [0.2, 0.25) is 0 Å². The Hall–Kier alpha value is -3.35. The number of rotatable bonds is 4. The number of nitrogens with one attached hydrogen (secondary N) is 2. The van der Waals surface area contributed by atoms with Crippen molar-refractivity contribution in [3.63, 3.8) is 0 Å². The van der Waals surface area contributed by atoms with Gasteiger partial charge in [-0.1, -0.05) is 6.07 Å². The summed E-state index contributed by atoms with van der Waals surface area (Å²) in [5.41, 5.74) is 2.96. The van der Waals surface area contributed by atoms with E-state index in [-0.39, 0.29) is 11.9 Å². The number of carbonyl (C=O) groups excluding carboxylic acids is 1. The maximum Gasteiger partial charge on any atom is 0.258 e. The number of amides is 1. The van der Waals surface area contributed by atoms with Gasteiger partial charge in [0.1, 0.15) is 0 Å². The number of carbonyl (C=O) groups is 1. The number of benzene rings is 1. The minimum atomic E-state index is -0.286. The molecule has 7 heteroatoms. The minimum Gasteiger partial charge on any atom is -0.324 e. The summed E-state index contributed by atoms with van der Waals surface area (Å²) in [6.07, 6.45) is 3.13. The molecule has 120 valence electrons. The first-order valence-electron chi connectivity index (χ1n) is 7.38. The van der Waals surface area contributed by atoms with Crippen molar-refractivity contribution in [3.05, 3.63) is 65.7 Å². The molecule has 2 heterocycles. The van der Waals surface area contributed by atoms with Gasteiger partial charge in [-0.2, -0.15) is 0 Å². The minimum absolute atomic E-state index is 0.263. The zero-order valence-electron chi connectivity index (χ0n) is 13.3. The molecule has 2 aromatic heterocycles. The molecule has 0 aliphatic heterocycles. The Bertz CT molecular complexity index is 846. The van der Waals surface area contributed by atoms with Crippen LogP contribution in [0.15, 0.2) is 48.8 Å². The van der Waals surface area contributed by atoms with E-state index in [1.807, 2.05) is 26.0 Å². The normalized spacial score (nSPS) is 10.2. The van der Waals surface area contributed by atoms with E-state index < -0.39 is 0 Å². The fourth-order valence-electron chi connectivity index (χ4n) is 2.19. The molecule has 1 aromatic carbocycles. The first-order valence-corrected chi connectivity index (χ1v) is 7.38. The molecule has 1 amide bonds. The smallest absolute Gasteiger partial charge is 0.258 e. The van der Waals surface area contributed by atoms with Gasteiger partial charge in [-0.25, -0.2) is 19.9 Å². The van der Waals surface area contributed by atoms with Crippen LogP contribution >= 0.6 is 0 Å². The van der Waals surface area contributed by atoms with Gasteiger partial charge in [0.25, 0.3) is 5.91 Å². The van der Waals surface area contributed by atoms with Crippen molar-refractivity contribution in [2.45, 2.75) is 13.8 Å². The van der Waals surface area contributed by atoms with Gasteiger partial charge < -0.3 is 5.32 Å². The van der Waals surface area contributed by atoms with Crippen LogP contribution in [0.4, 0.5) is 17.6 Å². The summed E-state index contributed by atoms with van der Waals surface area (Å²) in [6, 6.07) is 10.6. The Morgan fingerprint density at radius 2 is 1.62 bits per heavy atom. The summed E-state index contributed by atoms with van der Waals surface area (Å²) in [5.74, 6) is 0.473. The van der Waals surface area contributed by atoms with Crippen molar-refractivity contribution in [2.24, 2.45) is 0 Å². The number of anilines is 3. The summed E-state index contributed by atoms with van der Waals surface area (Å²) in [5, 5.41) is 5.76. The summed E-state index contributed by atoms with van der Waals surface area (Å²) in [6.45, 7) is 3.81. The summed E-state index contributed by atoms with van der Waals surface area (Å²) in [7, 11) is 0. The summed E-state index contributed by atoms with van der Waals surface area (Å²) in [4.78, 5) is 28.9. The van der Waals surface area contributed by atoms with Gasteiger partial charge in [0, 0.05) is 35.0 Å². The van der Waals surface area contributed by atoms with Crippen LogP contribution in [-0.4, -0.2) is 25.8 Å². The Labute approximate surface area is 139 Å². The molecule has 24 heavy (non-hydrogen) atoms. The van der Waals surface area contributed by atoms with Crippen LogP contribution < -0.4 is 10.6 Å². The molecular weight excluding hydrogens is 304 g/mol. The fraction of sp³-hybridized carbons (Fsp3) is 0.118. The molecule has 0 radical (unpaired) electrons. The molecule has 0 aliphatic carbocycles. The van der Waals surface area contributed by atoms with Crippen LogP contribution in [-0.2, 0) is 0 Å². The van der Waals surface area contributed by atoms with Gasteiger partial charge in [0.2, 0.25) is 11.9 Å².